The Balaban J connectivity index is 1.66. The Morgan fingerprint density at radius 1 is 1.27 bits per heavy atom. The normalized spacial score (nSPS) is 25.4. The number of carbonyl (C=O) groups is 1. The highest BCUT2D eigenvalue weighted by Gasteiger charge is 2.28. The number of ether oxygens (including phenoxy) is 1. The molecule has 0 aliphatic carbocycles. The van der Waals surface area contributed by atoms with Crippen molar-refractivity contribution in [2.24, 2.45) is 0 Å². The predicted octanol–water partition coefficient (Wildman–Crippen LogP) is 0.879. The molecular weight excluding hydrogens is 280 g/mol. The summed E-state index contributed by atoms with van der Waals surface area (Å²) in [4.78, 5) is 16.6. The van der Waals surface area contributed by atoms with Crippen LogP contribution in [0.3, 0.4) is 0 Å². The molecule has 2 amide bonds. The van der Waals surface area contributed by atoms with Gasteiger partial charge in [-0.15, -0.1) is 0 Å². The lowest BCUT2D eigenvalue weighted by atomic mass is 10.0. The minimum absolute atomic E-state index is 0.0852. The molecule has 0 radical (unpaired) electrons. The molecule has 0 spiro atoms. The van der Waals surface area contributed by atoms with E-state index in [2.05, 4.69) is 27.5 Å². The van der Waals surface area contributed by atoms with Crippen LogP contribution in [0.5, 0.6) is 0 Å². The number of nitrogens with one attached hydrogen (secondary N) is 2. The van der Waals surface area contributed by atoms with Gasteiger partial charge >= 0.3 is 6.03 Å². The van der Waals surface area contributed by atoms with Crippen LogP contribution in [-0.2, 0) is 4.74 Å². The second-order valence-electron chi connectivity index (χ2n) is 6.87. The number of urea groups is 1. The average Bonchev–Trinajstić information content (AvgIpc) is 2.47. The van der Waals surface area contributed by atoms with E-state index in [4.69, 9.17) is 4.74 Å². The van der Waals surface area contributed by atoms with Gasteiger partial charge in [-0.2, -0.15) is 0 Å². The third-order valence-corrected chi connectivity index (χ3v) is 4.55. The summed E-state index contributed by atoms with van der Waals surface area (Å²) in [5, 5.41) is 5.75. The summed E-state index contributed by atoms with van der Waals surface area (Å²) in [6, 6.07) is 0.795. The number of hydrogen-bond acceptors (Lipinski definition) is 4. The third-order valence-electron chi connectivity index (χ3n) is 4.55. The Hall–Kier alpha value is -0.850. The zero-order valence-electron chi connectivity index (χ0n) is 14.3. The van der Waals surface area contributed by atoms with Gasteiger partial charge < -0.3 is 20.3 Å². The minimum atomic E-state index is -0.0852. The Kier molecular flexibility index (Phi) is 6.92. The summed E-state index contributed by atoms with van der Waals surface area (Å²) >= 11 is 0. The molecule has 2 N–H and O–H groups in total. The Morgan fingerprint density at radius 2 is 2.00 bits per heavy atom. The molecule has 22 heavy (non-hydrogen) atoms. The molecule has 0 aromatic carbocycles. The van der Waals surface area contributed by atoms with Crippen molar-refractivity contribution < 1.29 is 9.53 Å². The van der Waals surface area contributed by atoms with E-state index in [1.165, 1.54) is 25.9 Å². The number of carbonyl (C=O) groups excluding carboxylic acids is 1. The summed E-state index contributed by atoms with van der Waals surface area (Å²) < 4.78 is 5.86. The van der Waals surface area contributed by atoms with Crippen LogP contribution in [0, 0.1) is 0 Å². The van der Waals surface area contributed by atoms with Gasteiger partial charge in [-0.3, -0.25) is 4.90 Å². The number of piperidine rings is 1. The van der Waals surface area contributed by atoms with Crippen LogP contribution in [0.15, 0.2) is 0 Å². The fourth-order valence-electron chi connectivity index (χ4n) is 3.27. The van der Waals surface area contributed by atoms with Gasteiger partial charge in [0.2, 0.25) is 0 Å². The van der Waals surface area contributed by atoms with Gasteiger partial charge in [-0.1, -0.05) is 0 Å². The van der Waals surface area contributed by atoms with Gasteiger partial charge in [0.05, 0.1) is 12.7 Å². The van der Waals surface area contributed by atoms with Crippen molar-refractivity contribution in [3.8, 4) is 0 Å². The van der Waals surface area contributed by atoms with Gasteiger partial charge in [-0.05, 0) is 53.2 Å². The Morgan fingerprint density at radius 3 is 2.68 bits per heavy atom. The smallest absolute Gasteiger partial charge is 0.314 e. The molecule has 2 heterocycles. The summed E-state index contributed by atoms with van der Waals surface area (Å²) in [7, 11) is 2.20. The zero-order valence-corrected chi connectivity index (χ0v) is 14.3. The molecule has 2 fully saturated rings. The number of rotatable bonds is 5. The molecule has 6 heteroatoms. The Labute approximate surface area is 134 Å². The molecule has 6 nitrogen and oxygen atoms in total. The molecule has 1 atom stereocenters. The van der Waals surface area contributed by atoms with Crippen LogP contribution in [0.4, 0.5) is 4.79 Å². The molecule has 2 saturated heterocycles. The van der Waals surface area contributed by atoms with Crippen LogP contribution in [0.2, 0.25) is 0 Å². The van der Waals surface area contributed by atoms with Crippen molar-refractivity contribution in [2.75, 3.05) is 46.4 Å². The lowest BCUT2D eigenvalue weighted by Gasteiger charge is -2.41. The van der Waals surface area contributed by atoms with E-state index >= 15 is 0 Å². The summed E-state index contributed by atoms with van der Waals surface area (Å²) in [6.07, 6.45) is 3.65. The largest absolute Gasteiger partial charge is 0.375 e. The minimum Gasteiger partial charge on any atom is -0.375 e. The van der Waals surface area contributed by atoms with Crippen molar-refractivity contribution in [3.63, 3.8) is 0 Å². The molecule has 1 unspecified atom stereocenters. The van der Waals surface area contributed by atoms with E-state index in [1.54, 1.807) is 0 Å². The van der Waals surface area contributed by atoms with Gasteiger partial charge in [0.15, 0.2) is 0 Å². The third kappa shape index (κ3) is 5.74. The summed E-state index contributed by atoms with van der Waals surface area (Å²) in [6.45, 7) is 9.85. The predicted molar refractivity (Wildman–Crippen MR) is 88.1 cm³/mol. The van der Waals surface area contributed by atoms with E-state index in [0.717, 1.165) is 26.1 Å². The number of hydrogen-bond donors (Lipinski definition) is 2. The maximum absolute atomic E-state index is 11.6. The first-order valence-corrected chi connectivity index (χ1v) is 8.63. The second-order valence-corrected chi connectivity index (χ2v) is 6.87. The summed E-state index contributed by atoms with van der Waals surface area (Å²) in [5.74, 6) is 0. The number of likely N-dealkylation sites (tertiary alicyclic amines) is 1. The van der Waals surface area contributed by atoms with E-state index in [1.807, 2.05) is 13.8 Å². The first kappa shape index (κ1) is 17.5. The molecular formula is C16H32N4O2. The lowest BCUT2D eigenvalue weighted by molar-refractivity contribution is -0.0532. The van der Waals surface area contributed by atoms with Gasteiger partial charge in [0.1, 0.15) is 0 Å². The summed E-state index contributed by atoms with van der Waals surface area (Å²) in [5.41, 5.74) is 0. The maximum Gasteiger partial charge on any atom is 0.314 e. The highest BCUT2D eigenvalue weighted by Crippen LogP contribution is 2.19. The van der Waals surface area contributed by atoms with E-state index in [9.17, 15) is 4.79 Å². The van der Waals surface area contributed by atoms with Crippen LogP contribution in [0.1, 0.15) is 33.1 Å². The molecule has 0 saturated carbocycles. The molecule has 2 aliphatic rings. The van der Waals surface area contributed by atoms with Crippen molar-refractivity contribution >= 4 is 6.03 Å². The van der Waals surface area contributed by atoms with E-state index < -0.39 is 0 Å². The first-order valence-electron chi connectivity index (χ1n) is 8.63. The fraction of sp³-hybridized carbons (Fsp3) is 0.938. The second kappa shape index (κ2) is 8.70. The standard InChI is InChI=1S/C16H32N4O2/c1-13(2)18-16(21)17-7-4-15-12-20(10-11-22-15)14-5-8-19(3)9-6-14/h13-15H,4-12H2,1-3H3,(H2,17,18,21). The van der Waals surface area contributed by atoms with Crippen LogP contribution in [0.25, 0.3) is 0 Å². The van der Waals surface area contributed by atoms with Gasteiger partial charge in [-0.25, -0.2) is 4.79 Å². The van der Waals surface area contributed by atoms with E-state index in [0.29, 0.717) is 12.6 Å². The first-order chi connectivity index (χ1) is 10.5. The quantitative estimate of drug-likeness (QED) is 0.791. The number of nitrogens with zero attached hydrogens (tertiary/aromatic N) is 2. The van der Waals surface area contributed by atoms with Crippen molar-refractivity contribution in [1.29, 1.82) is 0 Å². The van der Waals surface area contributed by atoms with Gasteiger partial charge in [0, 0.05) is 31.7 Å². The topological polar surface area (TPSA) is 56.8 Å². The molecule has 0 aromatic heterocycles. The molecule has 2 aliphatic heterocycles. The zero-order chi connectivity index (χ0) is 15.9. The molecule has 2 rings (SSSR count). The lowest BCUT2D eigenvalue weighted by Crippen LogP contribution is -2.51. The fourth-order valence-corrected chi connectivity index (χ4v) is 3.27. The Bertz CT molecular complexity index is 343. The van der Waals surface area contributed by atoms with Crippen LogP contribution >= 0.6 is 0 Å². The monoisotopic (exact) mass is 312 g/mol. The van der Waals surface area contributed by atoms with Gasteiger partial charge in [0.25, 0.3) is 0 Å². The molecule has 0 bridgehead atoms. The number of morpholine rings is 1. The average molecular weight is 312 g/mol. The van der Waals surface area contributed by atoms with Crippen molar-refractivity contribution in [2.45, 2.75) is 51.3 Å². The van der Waals surface area contributed by atoms with Crippen molar-refractivity contribution in [3.05, 3.63) is 0 Å². The highest BCUT2D eigenvalue weighted by molar-refractivity contribution is 5.73. The molecule has 128 valence electrons. The van der Waals surface area contributed by atoms with Crippen LogP contribution in [-0.4, -0.2) is 80.4 Å². The van der Waals surface area contributed by atoms with E-state index in [-0.39, 0.29) is 18.2 Å². The molecule has 0 aromatic rings. The van der Waals surface area contributed by atoms with Crippen molar-refractivity contribution in [1.82, 2.24) is 20.4 Å². The SMILES string of the molecule is CC(C)NC(=O)NCCC1CN(C2CCN(C)CC2)CCO1. The maximum atomic E-state index is 11.6. The highest BCUT2D eigenvalue weighted by atomic mass is 16.5. The number of amides is 2. The van der Waals surface area contributed by atoms with Crippen LogP contribution < -0.4 is 10.6 Å².